The van der Waals surface area contributed by atoms with E-state index in [-0.39, 0.29) is 12.2 Å². The molecule has 1 amide bonds. The Morgan fingerprint density at radius 3 is 2.80 bits per heavy atom. The number of nitrogens with zero attached hydrogens (tertiary/aromatic N) is 1. The number of likely N-dealkylation sites (N-methyl/N-ethyl adjacent to an activating group) is 1. The number of carbonyl (C=O) groups excluding carboxylic acids is 1. The van der Waals surface area contributed by atoms with Crippen molar-refractivity contribution in [2.75, 3.05) is 7.05 Å². The van der Waals surface area contributed by atoms with Gasteiger partial charge in [0.15, 0.2) is 0 Å². The van der Waals surface area contributed by atoms with Crippen LogP contribution < -0.4 is 0 Å². The van der Waals surface area contributed by atoms with Gasteiger partial charge in [-0.2, -0.15) is 0 Å². The Bertz CT molecular complexity index is 271. The second-order valence-electron chi connectivity index (χ2n) is 5.12. The quantitative estimate of drug-likeness (QED) is 0.619. The lowest BCUT2D eigenvalue weighted by Crippen LogP contribution is -2.32. The van der Waals surface area contributed by atoms with Crippen LogP contribution in [0.15, 0.2) is 0 Å². The van der Waals surface area contributed by atoms with Crippen molar-refractivity contribution in [3.63, 3.8) is 0 Å². The highest BCUT2D eigenvalue weighted by Gasteiger charge is 2.43. The highest BCUT2D eigenvalue weighted by atomic mass is 16.6. The second-order valence-corrected chi connectivity index (χ2v) is 5.12. The van der Waals surface area contributed by atoms with Gasteiger partial charge >= 0.3 is 6.09 Å². The predicted molar refractivity (Wildman–Crippen MR) is 60.3 cm³/mol. The summed E-state index contributed by atoms with van der Waals surface area (Å²) < 4.78 is 5.37. The fraction of sp³-hybridized carbons (Fsp3) is 0.909. The molecule has 1 heterocycles. The molecule has 0 aromatic heterocycles. The molecule has 0 N–H and O–H groups in total. The van der Waals surface area contributed by atoms with E-state index >= 15 is 0 Å². The fourth-order valence-electron chi connectivity index (χ4n) is 2.67. The number of amides is 1. The third-order valence-corrected chi connectivity index (χ3v) is 4.17. The van der Waals surface area contributed by atoms with Crippen LogP contribution in [0.4, 0.5) is 4.79 Å². The first-order chi connectivity index (χ1) is 7.06. The van der Waals surface area contributed by atoms with E-state index in [0.717, 1.165) is 25.7 Å². The van der Waals surface area contributed by atoms with E-state index in [9.17, 15) is 4.79 Å². The molecule has 4 heteroatoms. The number of ether oxygens (including phenoxy) is 1. The van der Waals surface area contributed by atoms with Gasteiger partial charge in [0.05, 0.1) is 6.04 Å². The number of fused-ring (bicyclic) bond motifs is 1. The maximum Gasteiger partial charge on any atom is 0.410 e. The average Bonchev–Trinajstić information content (AvgIpc) is 2.40. The third kappa shape index (κ3) is 1.86. The van der Waals surface area contributed by atoms with Gasteiger partial charge < -0.3 is 9.64 Å². The second kappa shape index (κ2) is 3.73. The predicted octanol–water partition coefficient (Wildman–Crippen LogP) is 2.31. The Morgan fingerprint density at radius 2 is 2.13 bits per heavy atom. The molecule has 83 valence electrons. The van der Waals surface area contributed by atoms with Crippen molar-refractivity contribution in [1.82, 2.24) is 4.90 Å². The molecule has 15 heavy (non-hydrogen) atoms. The minimum atomic E-state index is -0.144. The van der Waals surface area contributed by atoms with E-state index < -0.39 is 0 Å². The molecule has 0 aromatic rings. The van der Waals surface area contributed by atoms with E-state index in [1.807, 2.05) is 7.05 Å². The summed E-state index contributed by atoms with van der Waals surface area (Å²) in [7, 11) is 4.15. The molecule has 1 radical (unpaired) electrons. The fourth-order valence-corrected chi connectivity index (χ4v) is 2.67. The van der Waals surface area contributed by atoms with E-state index in [1.54, 1.807) is 4.90 Å². The monoisotopic (exact) mass is 208 g/mol. The molecule has 0 bridgehead atoms. The lowest BCUT2D eigenvalue weighted by atomic mass is 9.52. The van der Waals surface area contributed by atoms with Crippen LogP contribution >= 0.6 is 0 Å². The molecule has 3 nitrogen and oxygen atoms in total. The molecule has 0 aromatic carbocycles. The molecule has 2 fully saturated rings. The summed E-state index contributed by atoms with van der Waals surface area (Å²) in [5.74, 6) is 0. The number of hydrogen-bond donors (Lipinski definition) is 0. The van der Waals surface area contributed by atoms with Crippen LogP contribution in [0.25, 0.3) is 0 Å². The summed E-state index contributed by atoms with van der Waals surface area (Å²) >= 11 is 0. The summed E-state index contributed by atoms with van der Waals surface area (Å²) in [6.45, 7) is 4.44. The lowest BCUT2D eigenvalue weighted by Gasteiger charge is -2.26. The van der Waals surface area contributed by atoms with Crippen molar-refractivity contribution in [1.29, 1.82) is 0 Å². The number of hydrogen-bond acceptors (Lipinski definition) is 2. The van der Waals surface area contributed by atoms with Crippen molar-refractivity contribution in [3.05, 3.63) is 0 Å². The zero-order chi connectivity index (χ0) is 11.1. The van der Waals surface area contributed by atoms with E-state index in [1.165, 1.54) is 0 Å². The molecule has 0 spiro atoms. The molecule has 2 rings (SSSR count). The average molecular weight is 208 g/mol. The van der Waals surface area contributed by atoms with Crippen molar-refractivity contribution < 1.29 is 9.53 Å². The van der Waals surface area contributed by atoms with Gasteiger partial charge in [-0.25, -0.2) is 4.79 Å². The minimum absolute atomic E-state index is 0.129. The molecule has 2 aliphatic rings. The van der Waals surface area contributed by atoms with Gasteiger partial charge in [-0.05, 0) is 12.8 Å². The van der Waals surface area contributed by atoms with Crippen LogP contribution in [0, 0.1) is 0 Å². The van der Waals surface area contributed by atoms with Gasteiger partial charge in [-0.1, -0.05) is 31.9 Å². The van der Waals surface area contributed by atoms with Crippen LogP contribution in [0.5, 0.6) is 0 Å². The zero-order valence-electron chi connectivity index (χ0n) is 9.82. The molecular weight excluding hydrogens is 189 g/mol. The van der Waals surface area contributed by atoms with E-state index in [2.05, 4.69) is 21.0 Å². The Labute approximate surface area is 92.4 Å². The van der Waals surface area contributed by atoms with Crippen molar-refractivity contribution in [2.24, 2.45) is 0 Å². The molecule has 1 aliphatic carbocycles. The van der Waals surface area contributed by atoms with Gasteiger partial charge in [-0.15, -0.1) is 0 Å². The van der Waals surface area contributed by atoms with Gasteiger partial charge in [0.25, 0.3) is 0 Å². The van der Waals surface area contributed by atoms with E-state index in [4.69, 9.17) is 4.74 Å². The van der Waals surface area contributed by atoms with Crippen molar-refractivity contribution >= 4 is 13.4 Å². The van der Waals surface area contributed by atoms with E-state index in [0.29, 0.717) is 11.4 Å². The number of carbonyl (C=O) groups is 1. The summed E-state index contributed by atoms with van der Waals surface area (Å²) in [6.07, 6.45) is 4.34. The molecule has 1 aliphatic heterocycles. The minimum Gasteiger partial charge on any atom is -0.444 e. The first kappa shape index (κ1) is 10.8. The van der Waals surface area contributed by atoms with Gasteiger partial charge in [0.1, 0.15) is 13.4 Å². The summed E-state index contributed by atoms with van der Waals surface area (Å²) in [6, 6.07) is 0.305. The summed E-state index contributed by atoms with van der Waals surface area (Å²) in [5, 5.41) is 0.331. The molecule has 1 saturated carbocycles. The molecule has 1 saturated heterocycles. The third-order valence-electron chi connectivity index (χ3n) is 4.17. The Morgan fingerprint density at radius 1 is 1.47 bits per heavy atom. The van der Waals surface area contributed by atoms with Crippen molar-refractivity contribution in [2.45, 2.75) is 56.9 Å². The SMILES string of the molecule is C[B]C1(C)CCC2OC(=O)N(C)C2CC1. The summed E-state index contributed by atoms with van der Waals surface area (Å²) in [4.78, 5) is 13.1. The summed E-state index contributed by atoms with van der Waals surface area (Å²) in [5.41, 5.74) is 0. The molecule has 3 unspecified atom stereocenters. The normalized spacial score (nSPS) is 40.7. The Kier molecular flexibility index (Phi) is 2.69. The zero-order valence-corrected chi connectivity index (χ0v) is 9.82. The highest BCUT2D eigenvalue weighted by molar-refractivity contribution is 6.38. The lowest BCUT2D eigenvalue weighted by molar-refractivity contribution is 0.125. The first-order valence-corrected chi connectivity index (χ1v) is 5.80. The van der Waals surface area contributed by atoms with Crippen LogP contribution in [0.1, 0.15) is 32.6 Å². The number of rotatable bonds is 1. The van der Waals surface area contributed by atoms with Gasteiger partial charge in [0.2, 0.25) is 0 Å². The van der Waals surface area contributed by atoms with Crippen LogP contribution in [0.3, 0.4) is 0 Å². The Balaban J connectivity index is 2.08. The van der Waals surface area contributed by atoms with Crippen molar-refractivity contribution in [3.8, 4) is 0 Å². The largest absolute Gasteiger partial charge is 0.444 e. The maximum atomic E-state index is 11.4. The van der Waals surface area contributed by atoms with Crippen LogP contribution in [-0.2, 0) is 4.74 Å². The first-order valence-electron chi connectivity index (χ1n) is 5.80. The standard InChI is InChI=1S/C11H19BNO2/c1-11(12-2)6-4-8-9(5-7-11)15-10(14)13(8)3/h8-9H,4-7H2,1-3H3. The van der Waals surface area contributed by atoms with Gasteiger partial charge in [0, 0.05) is 7.05 Å². The van der Waals surface area contributed by atoms with Crippen LogP contribution in [0.2, 0.25) is 12.1 Å². The topological polar surface area (TPSA) is 29.5 Å². The van der Waals surface area contributed by atoms with Crippen LogP contribution in [-0.4, -0.2) is 37.5 Å². The molecular formula is C11H19BNO2. The smallest absolute Gasteiger partial charge is 0.410 e. The molecule has 3 atom stereocenters. The maximum absolute atomic E-state index is 11.4. The highest BCUT2D eigenvalue weighted by Crippen LogP contribution is 2.43. The van der Waals surface area contributed by atoms with Gasteiger partial charge in [-0.3, -0.25) is 0 Å². The Hall–Kier alpha value is -0.665.